The average molecular weight is 245 g/mol. The van der Waals surface area contributed by atoms with E-state index in [2.05, 4.69) is 0 Å². The van der Waals surface area contributed by atoms with E-state index >= 15 is 0 Å². The van der Waals surface area contributed by atoms with Crippen molar-refractivity contribution < 1.29 is 19.4 Å². The first-order valence-corrected chi connectivity index (χ1v) is 5.83. The van der Waals surface area contributed by atoms with Gasteiger partial charge in [-0.05, 0) is 27.8 Å². The summed E-state index contributed by atoms with van der Waals surface area (Å²) in [5, 5.41) is 9.14. The second-order valence-corrected chi connectivity index (χ2v) is 4.67. The zero-order valence-corrected chi connectivity index (χ0v) is 11.2. The number of rotatable bonds is 8. The SMILES string of the molecule is CCOC(=O)CCC(=O)CN(C)C(C)(C)CO. The molecule has 0 fully saturated rings. The number of aliphatic hydroxyl groups is 1. The fraction of sp³-hybridized carbons (Fsp3) is 0.833. The highest BCUT2D eigenvalue weighted by atomic mass is 16.5. The van der Waals surface area contributed by atoms with Gasteiger partial charge in [0.1, 0.15) is 5.78 Å². The van der Waals surface area contributed by atoms with Gasteiger partial charge < -0.3 is 9.84 Å². The number of hydrogen-bond acceptors (Lipinski definition) is 5. The maximum atomic E-state index is 11.6. The minimum absolute atomic E-state index is 0.0192. The summed E-state index contributed by atoms with van der Waals surface area (Å²) in [4.78, 5) is 24.4. The summed E-state index contributed by atoms with van der Waals surface area (Å²) in [6.07, 6.45) is 0.310. The summed E-state index contributed by atoms with van der Waals surface area (Å²) in [5.74, 6) is -0.369. The highest BCUT2D eigenvalue weighted by molar-refractivity contribution is 5.84. The third-order valence-corrected chi connectivity index (χ3v) is 2.75. The molecule has 0 aromatic rings. The van der Waals surface area contributed by atoms with Crippen LogP contribution in [0.5, 0.6) is 0 Å². The number of aliphatic hydroxyl groups excluding tert-OH is 1. The number of esters is 1. The van der Waals surface area contributed by atoms with E-state index in [9.17, 15) is 9.59 Å². The van der Waals surface area contributed by atoms with Crippen molar-refractivity contribution in [1.82, 2.24) is 4.90 Å². The van der Waals surface area contributed by atoms with Gasteiger partial charge in [-0.15, -0.1) is 0 Å². The van der Waals surface area contributed by atoms with Crippen molar-refractivity contribution in [2.24, 2.45) is 0 Å². The van der Waals surface area contributed by atoms with Gasteiger partial charge in [-0.3, -0.25) is 14.5 Å². The molecular formula is C12H23NO4. The van der Waals surface area contributed by atoms with Gasteiger partial charge in [-0.1, -0.05) is 0 Å². The molecule has 0 saturated heterocycles. The first kappa shape index (κ1) is 16.1. The summed E-state index contributed by atoms with van der Waals surface area (Å²) in [6.45, 7) is 5.99. The zero-order chi connectivity index (χ0) is 13.5. The van der Waals surface area contributed by atoms with E-state index in [4.69, 9.17) is 9.84 Å². The molecular weight excluding hydrogens is 222 g/mol. The lowest BCUT2D eigenvalue weighted by molar-refractivity contribution is -0.144. The van der Waals surface area contributed by atoms with E-state index < -0.39 is 5.54 Å². The van der Waals surface area contributed by atoms with Gasteiger partial charge >= 0.3 is 5.97 Å². The third kappa shape index (κ3) is 6.38. The molecule has 17 heavy (non-hydrogen) atoms. The topological polar surface area (TPSA) is 66.8 Å². The van der Waals surface area contributed by atoms with Crippen LogP contribution in [0.3, 0.4) is 0 Å². The Morgan fingerprint density at radius 2 is 1.88 bits per heavy atom. The van der Waals surface area contributed by atoms with Crippen molar-refractivity contribution in [3.8, 4) is 0 Å². The Kier molecular flexibility index (Phi) is 6.99. The number of likely N-dealkylation sites (N-methyl/N-ethyl adjacent to an activating group) is 1. The highest BCUT2D eigenvalue weighted by Crippen LogP contribution is 2.11. The normalized spacial score (nSPS) is 11.6. The van der Waals surface area contributed by atoms with Gasteiger partial charge in [0.05, 0.1) is 26.2 Å². The van der Waals surface area contributed by atoms with Crippen molar-refractivity contribution in [1.29, 1.82) is 0 Å². The van der Waals surface area contributed by atoms with E-state index in [1.807, 2.05) is 13.8 Å². The number of carbonyl (C=O) groups is 2. The van der Waals surface area contributed by atoms with Crippen LogP contribution < -0.4 is 0 Å². The lowest BCUT2D eigenvalue weighted by atomic mass is 10.0. The summed E-state index contributed by atoms with van der Waals surface area (Å²) in [5.41, 5.74) is -0.431. The Morgan fingerprint density at radius 1 is 1.29 bits per heavy atom. The molecule has 0 aromatic heterocycles. The molecule has 0 aliphatic carbocycles. The maximum absolute atomic E-state index is 11.6. The number of carbonyl (C=O) groups excluding carboxylic acids is 2. The van der Waals surface area contributed by atoms with E-state index in [1.54, 1.807) is 18.9 Å². The molecule has 0 aromatic carbocycles. The summed E-state index contributed by atoms with van der Waals surface area (Å²) in [7, 11) is 1.78. The molecule has 0 aliphatic rings. The molecule has 0 heterocycles. The summed E-state index contributed by atoms with van der Waals surface area (Å²) in [6, 6.07) is 0. The number of nitrogens with zero attached hydrogens (tertiary/aromatic N) is 1. The molecule has 0 amide bonds. The standard InChI is InChI=1S/C12H23NO4/c1-5-17-11(16)7-6-10(15)8-13(4)12(2,3)9-14/h14H,5-9H2,1-4H3. The molecule has 0 unspecified atom stereocenters. The minimum atomic E-state index is -0.431. The van der Waals surface area contributed by atoms with Crippen molar-refractivity contribution in [3.63, 3.8) is 0 Å². The first-order chi connectivity index (χ1) is 7.83. The van der Waals surface area contributed by atoms with Crippen LogP contribution in [0.1, 0.15) is 33.6 Å². The van der Waals surface area contributed by atoms with E-state index in [-0.39, 0.29) is 37.7 Å². The van der Waals surface area contributed by atoms with Gasteiger partial charge in [0, 0.05) is 12.0 Å². The Labute approximate surface area is 103 Å². The molecule has 100 valence electrons. The van der Waals surface area contributed by atoms with E-state index in [0.29, 0.717) is 6.61 Å². The van der Waals surface area contributed by atoms with Crippen LogP contribution in [0, 0.1) is 0 Å². The minimum Gasteiger partial charge on any atom is -0.466 e. The van der Waals surface area contributed by atoms with Gasteiger partial charge in [-0.25, -0.2) is 0 Å². The molecule has 5 nitrogen and oxygen atoms in total. The van der Waals surface area contributed by atoms with Crippen LogP contribution in [0.15, 0.2) is 0 Å². The van der Waals surface area contributed by atoms with Crippen LogP contribution in [0.4, 0.5) is 0 Å². The van der Waals surface area contributed by atoms with Gasteiger partial charge in [0.15, 0.2) is 0 Å². The second-order valence-electron chi connectivity index (χ2n) is 4.67. The molecule has 0 saturated carbocycles. The van der Waals surface area contributed by atoms with Crippen molar-refractivity contribution in [3.05, 3.63) is 0 Å². The van der Waals surface area contributed by atoms with Crippen LogP contribution in [-0.2, 0) is 14.3 Å². The largest absolute Gasteiger partial charge is 0.466 e. The maximum Gasteiger partial charge on any atom is 0.306 e. The van der Waals surface area contributed by atoms with Gasteiger partial charge in [0.25, 0.3) is 0 Å². The van der Waals surface area contributed by atoms with Crippen LogP contribution in [-0.4, -0.2) is 54.1 Å². The Bertz CT molecular complexity index is 263. The van der Waals surface area contributed by atoms with Gasteiger partial charge in [0.2, 0.25) is 0 Å². The fourth-order valence-corrected chi connectivity index (χ4v) is 1.15. The molecule has 0 rings (SSSR count). The smallest absolute Gasteiger partial charge is 0.306 e. The third-order valence-electron chi connectivity index (χ3n) is 2.75. The van der Waals surface area contributed by atoms with Crippen LogP contribution >= 0.6 is 0 Å². The molecule has 1 N–H and O–H groups in total. The Morgan fingerprint density at radius 3 is 2.35 bits per heavy atom. The van der Waals surface area contributed by atoms with Crippen molar-refractivity contribution in [2.45, 2.75) is 39.2 Å². The first-order valence-electron chi connectivity index (χ1n) is 5.83. The summed E-state index contributed by atoms with van der Waals surface area (Å²) >= 11 is 0. The van der Waals surface area contributed by atoms with Crippen molar-refractivity contribution in [2.75, 3.05) is 26.8 Å². The predicted octanol–water partition coefficient (Wildman–Crippen LogP) is 0.601. The van der Waals surface area contributed by atoms with E-state index in [0.717, 1.165) is 0 Å². The molecule has 0 atom stereocenters. The zero-order valence-electron chi connectivity index (χ0n) is 11.2. The monoisotopic (exact) mass is 245 g/mol. The Balaban J connectivity index is 3.98. The predicted molar refractivity (Wildman–Crippen MR) is 64.7 cm³/mol. The fourth-order valence-electron chi connectivity index (χ4n) is 1.15. The second kappa shape index (κ2) is 7.40. The number of hydrogen-bond donors (Lipinski definition) is 1. The van der Waals surface area contributed by atoms with Crippen LogP contribution in [0.25, 0.3) is 0 Å². The number of ether oxygens (including phenoxy) is 1. The van der Waals surface area contributed by atoms with Crippen LogP contribution in [0.2, 0.25) is 0 Å². The average Bonchev–Trinajstić information content (AvgIpc) is 2.26. The molecule has 5 heteroatoms. The van der Waals surface area contributed by atoms with Gasteiger partial charge in [-0.2, -0.15) is 0 Å². The lowest BCUT2D eigenvalue weighted by Crippen LogP contribution is -2.46. The Hall–Kier alpha value is -0.940. The molecule has 0 radical (unpaired) electrons. The molecule has 0 spiro atoms. The molecule has 0 aliphatic heterocycles. The van der Waals surface area contributed by atoms with Crippen molar-refractivity contribution >= 4 is 11.8 Å². The van der Waals surface area contributed by atoms with E-state index in [1.165, 1.54) is 0 Å². The molecule has 0 bridgehead atoms. The quantitative estimate of drug-likeness (QED) is 0.634. The highest BCUT2D eigenvalue weighted by Gasteiger charge is 2.24. The number of ketones is 1. The number of Topliss-reactive ketones (excluding diaryl/α,β-unsaturated/α-hetero) is 1. The lowest BCUT2D eigenvalue weighted by Gasteiger charge is -2.33. The summed E-state index contributed by atoms with van der Waals surface area (Å²) < 4.78 is 4.74.